The average molecular weight is 689 g/mol. The second-order valence-electron chi connectivity index (χ2n) is 10.6. The minimum atomic E-state index is -4.57. The lowest BCUT2D eigenvalue weighted by atomic mass is 9.91. The predicted molar refractivity (Wildman–Crippen MR) is 169 cm³/mol. The minimum absolute atomic E-state index is 0.118. The fraction of sp³-hybridized carbons (Fsp3) is 0.310. The van der Waals surface area contributed by atoms with Crippen molar-refractivity contribution in [3.63, 3.8) is 0 Å². The van der Waals surface area contributed by atoms with Gasteiger partial charge in [0, 0.05) is 45.3 Å². The van der Waals surface area contributed by atoms with E-state index >= 15 is 0 Å². The lowest BCUT2D eigenvalue weighted by Crippen LogP contribution is -2.24. The molecule has 0 radical (unpaired) electrons. The van der Waals surface area contributed by atoms with Crippen LogP contribution < -0.4 is 4.31 Å². The molecule has 6 nitrogen and oxygen atoms in total. The van der Waals surface area contributed by atoms with Gasteiger partial charge in [-0.15, -0.1) is 11.3 Å². The van der Waals surface area contributed by atoms with E-state index in [9.17, 15) is 13.2 Å². The Morgan fingerprint density at radius 1 is 1.12 bits per heavy atom. The molecule has 2 atom stereocenters. The highest BCUT2D eigenvalue weighted by molar-refractivity contribution is 8.01. The standard InChI is InChI=1S/C29H27Cl2F3N3O3PS2/c1-28(2,3)26-14-19(9-11-35-26)27-36-24(16-42-27)22-8-7-21(15-23(22)31)37(43-29(32,33)34)17-39-41-38-12-10-25(40-41)18-5-4-6-20(30)13-18/h4-9,11,13-16,25H,10,12,17H2,1-3H3. The smallest absolute Gasteiger partial charge is 0.312 e. The van der Waals surface area contributed by atoms with Gasteiger partial charge >= 0.3 is 14.1 Å². The van der Waals surface area contributed by atoms with E-state index in [2.05, 4.69) is 25.8 Å². The molecule has 0 N–H and O–H groups in total. The van der Waals surface area contributed by atoms with Crippen LogP contribution in [0.5, 0.6) is 0 Å². The first-order valence-electron chi connectivity index (χ1n) is 13.1. The number of anilines is 1. The van der Waals surface area contributed by atoms with E-state index in [4.69, 9.17) is 41.8 Å². The molecule has 0 bridgehead atoms. The van der Waals surface area contributed by atoms with Gasteiger partial charge in [-0.2, -0.15) is 13.2 Å². The summed E-state index contributed by atoms with van der Waals surface area (Å²) < 4.78 is 58.8. The highest BCUT2D eigenvalue weighted by Crippen LogP contribution is 2.51. The van der Waals surface area contributed by atoms with E-state index in [0.717, 1.165) is 26.1 Å². The van der Waals surface area contributed by atoms with Crippen molar-refractivity contribution in [3.05, 3.63) is 87.5 Å². The van der Waals surface area contributed by atoms with Crippen LogP contribution in [0, 0.1) is 0 Å². The third-order valence-corrected chi connectivity index (χ3v) is 9.63. The fourth-order valence-electron chi connectivity index (χ4n) is 4.17. The van der Waals surface area contributed by atoms with Gasteiger partial charge in [0.2, 0.25) is 0 Å². The molecule has 43 heavy (non-hydrogen) atoms. The van der Waals surface area contributed by atoms with Crippen molar-refractivity contribution >= 4 is 60.8 Å². The number of aromatic nitrogens is 2. The van der Waals surface area contributed by atoms with Gasteiger partial charge in [-0.1, -0.05) is 56.1 Å². The Kier molecular flexibility index (Phi) is 10.2. The molecular weight excluding hydrogens is 661 g/mol. The zero-order valence-corrected chi connectivity index (χ0v) is 27.3. The first kappa shape index (κ1) is 32.4. The van der Waals surface area contributed by atoms with E-state index in [1.54, 1.807) is 30.5 Å². The third kappa shape index (κ3) is 8.61. The second kappa shape index (κ2) is 13.6. The Morgan fingerprint density at radius 3 is 2.65 bits per heavy atom. The van der Waals surface area contributed by atoms with Crippen molar-refractivity contribution in [1.29, 1.82) is 0 Å². The maximum Gasteiger partial charge on any atom is 0.461 e. The van der Waals surface area contributed by atoms with Gasteiger partial charge in [-0.25, -0.2) is 4.98 Å². The van der Waals surface area contributed by atoms with E-state index < -0.39 is 20.8 Å². The molecule has 1 aliphatic heterocycles. The van der Waals surface area contributed by atoms with E-state index in [-0.39, 0.29) is 34.2 Å². The molecule has 228 valence electrons. The van der Waals surface area contributed by atoms with Crippen LogP contribution in [0.4, 0.5) is 18.9 Å². The summed E-state index contributed by atoms with van der Waals surface area (Å²) in [5.74, 6) is 0. The zero-order valence-electron chi connectivity index (χ0n) is 23.3. The molecule has 0 spiro atoms. The summed E-state index contributed by atoms with van der Waals surface area (Å²) in [6.07, 6.45) is 1.99. The van der Waals surface area contributed by atoms with Gasteiger partial charge < -0.3 is 9.05 Å². The van der Waals surface area contributed by atoms with E-state index in [1.807, 2.05) is 29.6 Å². The number of rotatable bonds is 8. The van der Waals surface area contributed by atoms with Gasteiger partial charge in [-0.3, -0.25) is 13.8 Å². The molecule has 2 unspecified atom stereocenters. The molecular formula is C29H27Cl2F3N3O3PS2. The van der Waals surface area contributed by atoms with Crippen molar-refractivity contribution in [2.45, 2.75) is 44.2 Å². The van der Waals surface area contributed by atoms with Crippen LogP contribution in [-0.2, 0) is 19.0 Å². The van der Waals surface area contributed by atoms with Crippen LogP contribution in [0.1, 0.15) is 44.6 Å². The summed E-state index contributed by atoms with van der Waals surface area (Å²) in [5, 5.41) is 3.47. The molecule has 4 aromatic rings. The molecule has 14 heteroatoms. The van der Waals surface area contributed by atoms with Crippen molar-refractivity contribution < 1.29 is 26.7 Å². The number of thiazole rings is 1. The molecule has 2 aromatic carbocycles. The molecule has 0 amide bonds. The summed E-state index contributed by atoms with van der Waals surface area (Å²) >= 11 is 13.8. The van der Waals surface area contributed by atoms with Crippen LogP contribution in [-0.4, -0.2) is 28.8 Å². The Hall–Kier alpha value is -1.95. The van der Waals surface area contributed by atoms with Crippen LogP contribution in [0.2, 0.25) is 10.0 Å². The Balaban J connectivity index is 1.31. The number of hydrogen-bond acceptors (Lipinski definition) is 8. The van der Waals surface area contributed by atoms with Gasteiger partial charge in [0.05, 0.1) is 41.1 Å². The number of hydrogen-bond donors (Lipinski definition) is 0. The van der Waals surface area contributed by atoms with Crippen LogP contribution in [0.3, 0.4) is 0 Å². The molecule has 5 rings (SSSR count). The highest BCUT2D eigenvalue weighted by atomic mass is 35.5. The summed E-state index contributed by atoms with van der Waals surface area (Å²) in [5.41, 5.74) is -0.541. The maximum atomic E-state index is 13.5. The molecule has 2 aromatic heterocycles. The molecule has 0 saturated carbocycles. The normalized spacial score (nSPS) is 17.7. The molecule has 0 aliphatic carbocycles. The predicted octanol–water partition coefficient (Wildman–Crippen LogP) is 10.8. The summed E-state index contributed by atoms with van der Waals surface area (Å²) in [6.45, 7) is 6.16. The van der Waals surface area contributed by atoms with Crippen molar-refractivity contribution in [2.24, 2.45) is 0 Å². The maximum absolute atomic E-state index is 13.5. The first-order chi connectivity index (χ1) is 20.4. The highest BCUT2D eigenvalue weighted by Gasteiger charge is 2.35. The minimum Gasteiger partial charge on any atom is -0.312 e. The lowest BCUT2D eigenvalue weighted by Gasteiger charge is -2.31. The van der Waals surface area contributed by atoms with Crippen LogP contribution in [0.25, 0.3) is 21.8 Å². The van der Waals surface area contributed by atoms with Gasteiger partial charge in [0.25, 0.3) is 0 Å². The summed E-state index contributed by atoms with van der Waals surface area (Å²) in [7, 11) is -1.90. The number of pyridine rings is 1. The fourth-order valence-corrected chi connectivity index (χ4v) is 7.21. The molecule has 1 aliphatic rings. The summed E-state index contributed by atoms with van der Waals surface area (Å²) in [4.78, 5) is 9.22. The first-order valence-corrected chi connectivity index (χ1v) is 16.6. The van der Waals surface area contributed by atoms with E-state index in [0.29, 0.717) is 29.3 Å². The largest absolute Gasteiger partial charge is 0.461 e. The van der Waals surface area contributed by atoms with Gasteiger partial charge in [0.1, 0.15) is 11.7 Å². The Bertz CT molecular complexity index is 1570. The Morgan fingerprint density at radius 2 is 1.93 bits per heavy atom. The molecule has 3 heterocycles. The topological polar surface area (TPSA) is 56.7 Å². The lowest BCUT2D eigenvalue weighted by molar-refractivity contribution is -0.0333. The summed E-state index contributed by atoms with van der Waals surface area (Å²) in [6, 6.07) is 15.8. The molecule has 1 saturated heterocycles. The second-order valence-corrected chi connectivity index (χ2v) is 14.5. The zero-order chi connectivity index (χ0) is 30.8. The van der Waals surface area contributed by atoms with Gasteiger partial charge in [0.15, 0.2) is 0 Å². The van der Waals surface area contributed by atoms with Crippen LogP contribution in [0.15, 0.2) is 66.2 Å². The number of benzene rings is 2. The quantitative estimate of drug-likeness (QED) is 0.104. The van der Waals surface area contributed by atoms with Gasteiger partial charge in [-0.05, 0) is 48.0 Å². The van der Waals surface area contributed by atoms with Crippen molar-refractivity contribution in [3.8, 4) is 21.8 Å². The SMILES string of the molecule is CC(C)(C)c1cc(-c2nc(-c3ccc(N(COP4OCCC(c5cccc(Cl)c5)O4)SC(F)(F)F)cc3Cl)cs2)ccn1. The number of alkyl halides is 3. The third-order valence-electron chi connectivity index (χ3n) is 6.30. The van der Waals surface area contributed by atoms with Crippen molar-refractivity contribution in [1.82, 2.24) is 9.97 Å². The molecule has 1 fully saturated rings. The van der Waals surface area contributed by atoms with Crippen LogP contribution >= 0.6 is 55.1 Å². The van der Waals surface area contributed by atoms with E-state index in [1.165, 1.54) is 17.4 Å². The number of halogens is 5. The average Bonchev–Trinajstić information content (AvgIpc) is 3.44. The monoisotopic (exact) mass is 687 g/mol. The van der Waals surface area contributed by atoms with Crippen molar-refractivity contribution in [2.75, 3.05) is 17.6 Å². The number of nitrogens with zero attached hydrogens (tertiary/aromatic N) is 3. The Labute approximate surface area is 267 Å².